The molecule has 0 aromatic heterocycles. The van der Waals surface area contributed by atoms with Gasteiger partial charge in [0.1, 0.15) is 5.75 Å². The fourth-order valence-electron chi connectivity index (χ4n) is 2.14. The highest BCUT2D eigenvalue weighted by Gasteiger charge is 2.23. The van der Waals surface area contributed by atoms with Crippen molar-refractivity contribution in [3.05, 3.63) is 27.7 Å². The number of benzene rings is 1. The van der Waals surface area contributed by atoms with Gasteiger partial charge in [-0.05, 0) is 38.3 Å². The fourth-order valence-corrected chi connectivity index (χ4v) is 2.78. The highest BCUT2D eigenvalue weighted by atomic mass is 79.9. The van der Waals surface area contributed by atoms with Crippen LogP contribution >= 0.6 is 15.9 Å². The Bertz CT molecular complexity index is 363. The van der Waals surface area contributed by atoms with Crippen LogP contribution < -0.4 is 4.74 Å². The molecule has 1 aliphatic carbocycles. The normalized spacial score (nSPS) is 19.8. The lowest BCUT2D eigenvalue weighted by molar-refractivity contribution is 0.154. The molecule has 0 saturated heterocycles. The number of rotatable bonds is 2. The molecular formula is C12H15BrO2. The quantitative estimate of drug-likeness (QED) is 0.894. The zero-order valence-electron chi connectivity index (χ0n) is 8.79. The van der Waals surface area contributed by atoms with Crippen molar-refractivity contribution in [1.29, 1.82) is 0 Å². The second-order valence-electron chi connectivity index (χ2n) is 3.78. The second-order valence-corrected chi connectivity index (χ2v) is 4.63. The van der Waals surface area contributed by atoms with E-state index in [0.29, 0.717) is 6.61 Å². The van der Waals surface area contributed by atoms with Gasteiger partial charge in [0.25, 0.3) is 0 Å². The minimum absolute atomic E-state index is 0.344. The zero-order chi connectivity index (χ0) is 10.8. The Morgan fingerprint density at radius 1 is 1.53 bits per heavy atom. The summed E-state index contributed by atoms with van der Waals surface area (Å²) in [5, 5.41) is 9.95. The summed E-state index contributed by atoms with van der Waals surface area (Å²) in [4.78, 5) is 0. The van der Waals surface area contributed by atoms with Crippen LogP contribution in [0.5, 0.6) is 5.75 Å². The molecule has 1 aliphatic rings. The van der Waals surface area contributed by atoms with Gasteiger partial charge in [-0.25, -0.2) is 0 Å². The third-order valence-electron chi connectivity index (χ3n) is 2.80. The molecule has 0 spiro atoms. The van der Waals surface area contributed by atoms with Crippen molar-refractivity contribution >= 4 is 15.9 Å². The average molecular weight is 271 g/mol. The lowest BCUT2D eigenvalue weighted by Gasteiger charge is -2.24. The van der Waals surface area contributed by atoms with Crippen LogP contribution in [-0.2, 0) is 6.42 Å². The fraction of sp³-hybridized carbons (Fsp3) is 0.500. The van der Waals surface area contributed by atoms with Gasteiger partial charge in [0.2, 0.25) is 0 Å². The highest BCUT2D eigenvalue weighted by Crippen LogP contribution is 2.39. The Kier molecular flexibility index (Phi) is 3.32. The predicted octanol–water partition coefficient (Wildman–Crippen LogP) is 3.22. The average Bonchev–Trinajstić information content (AvgIpc) is 2.22. The van der Waals surface area contributed by atoms with E-state index in [1.165, 1.54) is 5.56 Å². The van der Waals surface area contributed by atoms with Crippen LogP contribution in [0.3, 0.4) is 0 Å². The largest absolute Gasteiger partial charge is 0.494 e. The van der Waals surface area contributed by atoms with E-state index in [2.05, 4.69) is 15.9 Å². The lowest BCUT2D eigenvalue weighted by atomic mass is 9.89. The molecule has 0 amide bonds. The zero-order valence-corrected chi connectivity index (χ0v) is 10.4. The van der Waals surface area contributed by atoms with E-state index in [4.69, 9.17) is 4.74 Å². The highest BCUT2D eigenvalue weighted by molar-refractivity contribution is 9.10. The summed E-state index contributed by atoms with van der Waals surface area (Å²) in [6, 6.07) is 3.93. The van der Waals surface area contributed by atoms with Crippen molar-refractivity contribution in [2.24, 2.45) is 0 Å². The Morgan fingerprint density at radius 2 is 2.33 bits per heavy atom. The van der Waals surface area contributed by atoms with Gasteiger partial charge in [-0.15, -0.1) is 0 Å². The standard InChI is InChI=1S/C12H15BrO2/c1-2-15-11-7-6-9(13)12-8(11)4-3-5-10(12)14/h6-7,10,14H,2-5H2,1H3. The third-order valence-corrected chi connectivity index (χ3v) is 3.49. The number of aliphatic hydroxyl groups excluding tert-OH is 1. The molecule has 82 valence electrons. The molecule has 3 heteroatoms. The molecule has 15 heavy (non-hydrogen) atoms. The summed E-state index contributed by atoms with van der Waals surface area (Å²) in [5.74, 6) is 0.925. The van der Waals surface area contributed by atoms with Gasteiger partial charge in [-0.2, -0.15) is 0 Å². The van der Waals surface area contributed by atoms with E-state index in [1.807, 2.05) is 19.1 Å². The van der Waals surface area contributed by atoms with Gasteiger partial charge < -0.3 is 9.84 Å². The number of ether oxygens (including phenoxy) is 1. The number of hydrogen-bond acceptors (Lipinski definition) is 2. The van der Waals surface area contributed by atoms with E-state index < -0.39 is 0 Å². The van der Waals surface area contributed by atoms with Gasteiger partial charge >= 0.3 is 0 Å². The SMILES string of the molecule is CCOc1ccc(Br)c2c1CCCC2O. The first-order valence-corrected chi connectivity index (χ1v) is 6.15. The molecule has 0 fully saturated rings. The van der Waals surface area contributed by atoms with E-state index in [0.717, 1.165) is 35.0 Å². The molecule has 0 heterocycles. The molecule has 1 unspecified atom stereocenters. The van der Waals surface area contributed by atoms with Crippen molar-refractivity contribution in [2.45, 2.75) is 32.3 Å². The molecule has 0 radical (unpaired) electrons. The number of halogens is 1. The van der Waals surface area contributed by atoms with Gasteiger partial charge in [0.05, 0.1) is 12.7 Å². The third kappa shape index (κ3) is 2.04. The summed E-state index contributed by atoms with van der Waals surface area (Å²) < 4.78 is 6.57. The molecule has 0 bridgehead atoms. The van der Waals surface area contributed by atoms with Crippen molar-refractivity contribution in [2.75, 3.05) is 6.61 Å². The molecule has 1 atom stereocenters. The Hall–Kier alpha value is -0.540. The van der Waals surface area contributed by atoms with Crippen LogP contribution in [0.1, 0.15) is 37.0 Å². The van der Waals surface area contributed by atoms with Crippen molar-refractivity contribution in [3.63, 3.8) is 0 Å². The summed E-state index contributed by atoms with van der Waals surface area (Å²) in [5.41, 5.74) is 2.19. The van der Waals surface area contributed by atoms with Gasteiger partial charge in [-0.3, -0.25) is 0 Å². The summed E-state index contributed by atoms with van der Waals surface area (Å²) in [6.07, 6.45) is 2.54. The van der Waals surface area contributed by atoms with Crippen LogP contribution in [0.15, 0.2) is 16.6 Å². The minimum Gasteiger partial charge on any atom is -0.494 e. The molecular weight excluding hydrogens is 256 g/mol. The smallest absolute Gasteiger partial charge is 0.122 e. The van der Waals surface area contributed by atoms with Crippen molar-refractivity contribution in [1.82, 2.24) is 0 Å². The number of fused-ring (bicyclic) bond motifs is 1. The first-order chi connectivity index (χ1) is 7.24. The summed E-state index contributed by atoms with van der Waals surface area (Å²) in [6.45, 7) is 2.65. The minimum atomic E-state index is -0.344. The van der Waals surface area contributed by atoms with Crippen LogP contribution in [-0.4, -0.2) is 11.7 Å². The van der Waals surface area contributed by atoms with Gasteiger partial charge in [-0.1, -0.05) is 15.9 Å². The van der Waals surface area contributed by atoms with Crippen LogP contribution in [0.2, 0.25) is 0 Å². The topological polar surface area (TPSA) is 29.5 Å². The molecule has 0 aliphatic heterocycles. The summed E-state index contributed by atoms with van der Waals surface area (Å²) in [7, 11) is 0. The maximum atomic E-state index is 9.95. The molecule has 2 nitrogen and oxygen atoms in total. The second kappa shape index (κ2) is 4.54. The Balaban J connectivity index is 2.48. The van der Waals surface area contributed by atoms with Crippen molar-refractivity contribution in [3.8, 4) is 5.75 Å². The number of aliphatic hydroxyl groups is 1. The van der Waals surface area contributed by atoms with Crippen LogP contribution in [0, 0.1) is 0 Å². The van der Waals surface area contributed by atoms with E-state index in [-0.39, 0.29) is 6.10 Å². The Labute approximate surface area is 98.4 Å². The summed E-state index contributed by atoms with van der Waals surface area (Å²) >= 11 is 3.49. The monoisotopic (exact) mass is 270 g/mol. The van der Waals surface area contributed by atoms with E-state index in [9.17, 15) is 5.11 Å². The van der Waals surface area contributed by atoms with Crippen molar-refractivity contribution < 1.29 is 9.84 Å². The molecule has 2 rings (SSSR count). The number of hydrogen-bond donors (Lipinski definition) is 1. The lowest BCUT2D eigenvalue weighted by Crippen LogP contribution is -2.12. The molecule has 1 N–H and O–H groups in total. The maximum absolute atomic E-state index is 9.95. The van der Waals surface area contributed by atoms with Crippen LogP contribution in [0.4, 0.5) is 0 Å². The molecule has 0 saturated carbocycles. The molecule has 1 aromatic carbocycles. The first kappa shape index (κ1) is 11.0. The Morgan fingerprint density at radius 3 is 3.07 bits per heavy atom. The van der Waals surface area contributed by atoms with E-state index >= 15 is 0 Å². The first-order valence-electron chi connectivity index (χ1n) is 5.36. The maximum Gasteiger partial charge on any atom is 0.122 e. The van der Waals surface area contributed by atoms with Gasteiger partial charge in [0.15, 0.2) is 0 Å². The van der Waals surface area contributed by atoms with Gasteiger partial charge in [0, 0.05) is 15.6 Å². The molecule has 1 aromatic rings. The predicted molar refractivity (Wildman–Crippen MR) is 63.2 cm³/mol. The van der Waals surface area contributed by atoms with Crippen LogP contribution in [0.25, 0.3) is 0 Å². The van der Waals surface area contributed by atoms with E-state index in [1.54, 1.807) is 0 Å².